The highest BCUT2D eigenvalue weighted by atomic mass is 16.2. The molecule has 2 aliphatic rings. The van der Waals surface area contributed by atoms with Gasteiger partial charge in [0.05, 0.1) is 12.5 Å². The summed E-state index contributed by atoms with van der Waals surface area (Å²) in [4.78, 5) is 46.5. The van der Waals surface area contributed by atoms with Crippen molar-refractivity contribution in [3.63, 3.8) is 0 Å². The van der Waals surface area contributed by atoms with Gasteiger partial charge in [0.15, 0.2) is 0 Å². The summed E-state index contributed by atoms with van der Waals surface area (Å²) >= 11 is 0. The van der Waals surface area contributed by atoms with E-state index in [1.54, 1.807) is 46.3 Å². The Kier molecular flexibility index (Phi) is 5.01. The average molecular weight is 344 g/mol. The predicted octanol–water partition coefficient (Wildman–Crippen LogP) is 0.623. The van der Waals surface area contributed by atoms with Crippen LogP contribution in [0.1, 0.15) is 30.1 Å². The number of carbonyl (C=O) groups excluding carboxylic acids is 3. The molecular weight excluding hydrogens is 320 g/mol. The lowest BCUT2D eigenvalue weighted by Crippen LogP contribution is -2.57. The van der Waals surface area contributed by atoms with E-state index in [2.05, 4.69) is 4.98 Å². The van der Waals surface area contributed by atoms with Crippen molar-refractivity contribution in [3.05, 3.63) is 30.1 Å². The minimum absolute atomic E-state index is 0.0134. The molecule has 1 aromatic rings. The Morgan fingerprint density at radius 1 is 1.16 bits per heavy atom. The van der Waals surface area contributed by atoms with Crippen LogP contribution in [-0.2, 0) is 9.59 Å². The normalized spacial score (nSPS) is 24.4. The summed E-state index contributed by atoms with van der Waals surface area (Å²) in [5.41, 5.74) is 0.589. The van der Waals surface area contributed by atoms with Gasteiger partial charge in [-0.05, 0) is 31.9 Å². The van der Waals surface area contributed by atoms with Crippen LogP contribution in [-0.4, -0.2) is 76.7 Å². The van der Waals surface area contributed by atoms with Crippen molar-refractivity contribution in [3.8, 4) is 0 Å². The van der Waals surface area contributed by atoms with Crippen LogP contribution < -0.4 is 0 Å². The maximum Gasteiger partial charge on any atom is 0.253 e. The average Bonchev–Trinajstić information content (AvgIpc) is 2.65. The minimum Gasteiger partial charge on any atom is -0.340 e. The first-order chi connectivity index (χ1) is 12.0. The lowest BCUT2D eigenvalue weighted by molar-refractivity contribution is -0.149. The fourth-order valence-corrected chi connectivity index (χ4v) is 3.49. The zero-order chi connectivity index (χ0) is 18.0. The van der Waals surface area contributed by atoms with E-state index < -0.39 is 0 Å². The van der Waals surface area contributed by atoms with Gasteiger partial charge in [-0.2, -0.15) is 0 Å². The lowest BCUT2D eigenvalue weighted by atomic mass is 9.95. The van der Waals surface area contributed by atoms with E-state index in [4.69, 9.17) is 0 Å². The zero-order valence-electron chi connectivity index (χ0n) is 14.7. The second-order valence-electron chi connectivity index (χ2n) is 6.90. The van der Waals surface area contributed by atoms with Gasteiger partial charge >= 0.3 is 0 Å². The van der Waals surface area contributed by atoms with Crippen molar-refractivity contribution in [2.24, 2.45) is 5.92 Å². The van der Waals surface area contributed by atoms with Gasteiger partial charge in [-0.15, -0.1) is 0 Å². The summed E-state index contributed by atoms with van der Waals surface area (Å²) in [7, 11) is 1.77. The second-order valence-corrected chi connectivity index (χ2v) is 6.90. The molecule has 25 heavy (non-hydrogen) atoms. The third-order valence-corrected chi connectivity index (χ3v) is 5.16. The number of pyridine rings is 1. The van der Waals surface area contributed by atoms with Gasteiger partial charge < -0.3 is 14.7 Å². The minimum atomic E-state index is -0.233. The molecule has 3 heterocycles. The fraction of sp³-hybridized carbons (Fsp3) is 0.556. The van der Waals surface area contributed by atoms with Crippen molar-refractivity contribution in [1.82, 2.24) is 19.7 Å². The largest absolute Gasteiger partial charge is 0.340 e. The Balaban J connectivity index is 1.66. The van der Waals surface area contributed by atoms with E-state index in [1.807, 2.05) is 6.92 Å². The highest BCUT2D eigenvalue weighted by Gasteiger charge is 2.36. The molecule has 0 radical (unpaired) electrons. The van der Waals surface area contributed by atoms with Gasteiger partial charge in [0, 0.05) is 50.7 Å². The molecular formula is C18H24N4O3. The molecule has 3 rings (SSSR count). The van der Waals surface area contributed by atoms with E-state index in [1.165, 1.54) is 0 Å². The molecule has 3 amide bonds. The molecule has 7 nitrogen and oxygen atoms in total. The monoisotopic (exact) mass is 344 g/mol. The fourth-order valence-electron chi connectivity index (χ4n) is 3.49. The number of piperidine rings is 1. The Morgan fingerprint density at radius 2 is 1.88 bits per heavy atom. The van der Waals surface area contributed by atoms with E-state index in [0.717, 1.165) is 12.8 Å². The third-order valence-electron chi connectivity index (χ3n) is 5.16. The molecule has 2 atom stereocenters. The van der Waals surface area contributed by atoms with Crippen molar-refractivity contribution in [2.45, 2.75) is 25.8 Å². The second kappa shape index (κ2) is 7.21. The standard InChI is InChI=1S/C18H24N4O3/c1-13-10-22(12-16(23)20(13)2)18(25)15-4-3-9-21(11-15)17(24)14-5-7-19-8-6-14/h5-8,13,15H,3-4,9-12H2,1-2H3/t13-,15+/m1/s1. The highest BCUT2D eigenvalue weighted by molar-refractivity contribution is 5.94. The lowest BCUT2D eigenvalue weighted by Gasteiger charge is -2.40. The molecule has 0 unspecified atom stereocenters. The van der Waals surface area contributed by atoms with Crippen LogP contribution in [0.2, 0.25) is 0 Å². The van der Waals surface area contributed by atoms with Crippen LogP contribution in [0.15, 0.2) is 24.5 Å². The van der Waals surface area contributed by atoms with Crippen molar-refractivity contribution < 1.29 is 14.4 Å². The number of hydrogen-bond acceptors (Lipinski definition) is 4. The Labute approximate surface area is 147 Å². The summed E-state index contributed by atoms with van der Waals surface area (Å²) in [5, 5.41) is 0. The first kappa shape index (κ1) is 17.4. The molecule has 0 bridgehead atoms. The molecule has 2 saturated heterocycles. The maximum absolute atomic E-state index is 12.9. The van der Waals surface area contributed by atoms with E-state index in [9.17, 15) is 14.4 Å². The van der Waals surface area contributed by atoms with E-state index in [0.29, 0.717) is 25.2 Å². The van der Waals surface area contributed by atoms with Crippen LogP contribution in [0.5, 0.6) is 0 Å². The molecule has 1 aromatic heterocycles. The van der Waals surface area contributed by atoms with E-state index in [-0.39, 0.29) is 36.2 Å². The Bertz CT molecular complexity index is 664. The topological polar surface area (TPSA) is 73.8 Å². The van der Waals surface area contributed by atoms with Crippen LogP contribution in [0.25, 0.3) is 0 Å². The molecule has 0 aromatic carbocycles. The van der Waals surface area contributed by atoms with Crippen molar-refractivity contribution >= 4 is 17.7 Å². The predicted molar refractivity (Wildman–Crippen MR) is 91.7 cm³/mol. The number of carbonyl (C=O) groups is 3. The summed E-state index contributed by atoms with van der Waals surface area (Å²) in [5.74, 6) is -0.348. The number of rotatable bonds is 2. The number of amides is 3. The van der Waals surface area contributed by atoms with Gasteiger partial charge in [0.2, 0.25) is 11.8 Å². The molecule has 2 fully saturated rings. The van der Waals surface area contributed by atoms with Crippen LogP contribution >= 0.6 is 0 Å². The smallest absolute Gasteiger partial charge is 0.253 e. The van der Waals surface area contributed by atoms with E-state index >= 15 is 0 Å². The molecule has 0 saturated carbocycles. The van der Waals surface area contributed by atoms with Crippen LogP contribution in [0.4, 0.5) is 0 Å². The highest BCUT2D eigenvalue weighted by Crippen LogP contribution is 2.22. The number of piperazine rings is 1. The van der Waals surface area contributed by atoms with Gasteiger partial charge in [0.25, 0.3) is 5.91 Å². The Morgan fingerprint density at radius 3 is 2.56 bits per heavy atom. The summed E-state index contributed by atoms with van der Waals surface area (Å²) in [6.45, 7) is 3.69. The first-order valence-electron chi connectivity index (χ1n) is 8.71. The third kappa shape index (κ3) is 3.65. The summed E-state index contributed by atoms with van der Waals surface area (Å²) in [6.07, 6.45) is 4.74. The molecule has 134 valence electrons. The van der Waals surface area contributed by atoms with Gasteiger partial charge in [-0.3, -0.25) is 19.4 Å². The van der Waals surface area contributed by atoms with Crippen molar-refractivity contribution in [1.29, 1.82) is 0 Å². The molecule has 0 aliphatic carbocycles. The zero-order valence-corrected chi connectivity index (χ0v) is 14.7. The summed E-state index contributed by atoms with van der Waals surface area (Å²) < 4.78 is 0. The Hall–Kier alpha value is -2.44. The van der Waals surface area contributed by atoms with Gasteiger partial charge in [-0.25, -0.2) is 0 Å². The number of likely N-dealkylation sites (tertiary alicyclic amines) is 1. The van der Waals surface area contributed by atoms with Gasteiger partial charge in [0.1, 0.15) is 0 Å². The maximum atomic E-state index is 12.9. The van der Waals surface area contributed by atoms with Crippen LogP contribution in [0.3, 0.4) is 0 Å². The van der Waals surface area contributed by atoms with Gasteiger partial charge in [-0.1, -0.05) is 0 Å². The summed E-state index contributed by atoms with van der Waals surface area (Å²) in [6, 6.07) is 3.40. The quantitative estimate of drug-likeness (QED) is 0.788. The number of hydrogen-bond donors (Lipinski definition) is 0. The SMILES string of the molecule is C[C@@H]1CN(C(=O)[C@H]2CCCN(C(=O)c3ccncc3)C2)CC(=O)N1C. The molecule has 2 aliphatic heterocycles. The number of nitrogens with zero attached hydrogens (tertiary/aromatic N) is 4. The number of likely N-dealkylation sites (N-methyl/N-ethyl adjacent to an activating group) is 1. The van der Waals surface area contributed by atoms with Crippen LogP contribution in [0, 0.1) is 5.92 Å². The first-order valence-corrected chi connectivity index (χ1v) is 8.71. The number of aromatic nitrogens is 1. The molecule has 0 N–H and O–H groups in total. The van der Waals surface area contributed by atoms with Crippen molar-refractivity contribution in [2.75, 3.05) is 33.2 Å². The molecule has 7 heteroatoms. The molecule has 0 spiro atoms.